The van der Waals surface area contributed by atoms with Gasteiger partial charge in [0, 0.05) is 6.42 Å². The molecule has 96 valence electrons. The fourth-order valence-corrected chi connectivity index (χ4v) is 2.96. The van der Waals surface area contributed by atoms with Gasteiger partial charge in [0.1, 0.15) is 5.78 Å². The molecule has 0 aliphatic heterocycles. The Balaban J connectivity index is 2.90. The minimum Gasteiger partial charge on any atom is -0.300 e. The third-order valence-corrected chi connectivity index (χ3v) is 4.40. The molecule has 1 aromatic carbocycles. The van der Waals surface area contributed by atoms with E-state index >= 15 is 0 Å². The van der Waals surface area contributed by atoms with Gasteiger partial charge in [-0.1, -0.05) is 24.8 Å². The van der Waals surface area contributed by atoms with E-state index < -0.39 is 9.84 Å². The molecule has 18 heavy (non-hydrogen) atoms. The van der Waals surface area contributed by atoms with Crippen LogP contribution >= 0.6 is 0 Å². The Morgan fingerprint density at radius 2 is 1.83 bits per heavy atom. The molecule has 3 nitrogen and oxygen atoms in total. The number of carbonyl (C=O) groups is 1. The Morgan fingerprint density at radius 1 is 1.22 bits per heavy atom. The van der Waals surface area contributed by atoms with Crippen molar-refractivity contribution < 1.29 is 13.2 Å². The fraction of sp³-hybridized carbons (Fsp3) is 0.286. The lowest BCUT2D eigenvalue weighted by Gasteiger charge is -2.06. The molecule has 0 radical (unpaired) electrons. The Labute approximate surface area is 108 Å². The zero-order valence-corrected chi connectivity index (χ0v) is 11.2. The lowest BCUT2D eigenvalue weighted by atomic mass is 10.2. The molecule has 0 unspecified atom stereocenters. The molecule has 0 saturated heterocycles. The van der Waals surface area contributed by atoms with Crippen LogP contribution in [0.4, 0.5) is 0 Å². The van der Waals surface area contributed by atoms with E-state index in [2.05, 4.69) is 12.3 Å². The van der Waals surface area contributed by atoms with Crippen molar-refractivity contribution in [3.05, 3.63) is 47.5 Å². The number of hydrogen-bond donors (Lipinski definition) is 0. The van der Waals surface area contributed by atoms with Crippen molar-refractivity contribution in [1.29, 1.82) is 0 Å². The maximum absolute atomic E-state index is 12.2. The lowest BCUT2D eigenvalue weighted by Crippen LogP contribution is -2.05. The van der Waals surface area contributed by atoms with Crippen LogP contribution in [-0.2, 0) is 14.6 Å². The van der Waals surface area contributed by atoms with Gasteiger partial charge in [0.2, 0.25) is 9.84 Å². The van der Waals surface area contributed by atoms with Gasteiger partial charge in [0.25, 0.3) is 0 Å². The largest absolute Gasteiger partial charge is 0.300 e. The van der Waals surface area contributed by atoms with E-state index in [-0.39, 0.29) is 15.6 Å². The number of rotatable bonds is 6. The van der Waals surface area contributed by atoms with E-state index in [9.17, 15) is 13.2 Å². The van der Waals surface area contributed by atoms with E-state index in [1.165, 1.54) is 19.1 Å². The molecule has 4 heteroatoms. The van der Waals surface area contributed by atoms with Gasteiger partial charge in [-0.25, -0.2) is 8.42 Å². The fourth-order valence-electron chi connectivity index (χ4n) is 1.56. The second-order valence-electron chi connectivity index (χ2n) is 3.97. The highest BCUT2D eigenvalue weighted by molar-refractivity contribution is 7.95. The van der Waals surface area contributed by atoms with E-state index in [0.717, 1.165) is 0 Å². The maximum Gasteiger partial charge on any atom is 0.209 e. The molecule has 0 aliphatic carbocycles. The average molecular weight is 264 g/mol. The van der Waals surface area contributed by atoms with Gasteiger partial charge in [-0.05, 0) is 31.9 Å². The lowest BCUT2D eigenvalue weighted by molar-refractivity contribution is -0.117. The van der Waals surface area contributed by atoms with Crippen molar-refractivity contribution in [2.45, 2.75) is 31.1 Å². The van der Waals surface area contributed by atoms with Crippen molar-refractivity contribution in [1.82, 2.24) is 0 Å². The Morgan fingerprint density at radius 3 is 2.33 bits per heavy atom. The standard InChI is InChI=1S/C14H16O3S/c1-3-13(11-7-8-12(2)15)18(16,17)14-9-5-4-6-10-14/h4-6,9-10H,1,7-8,11H2,2H3. The summed E-state index contributed by atoms with van der Waals surface area (Å²) in [4.78, 5) is 11.2. The minimum absolute atomic E-state index is 0.0514. The van der Waals surface area contributed by atoms with Crippen LogP contribution in [0, 0.1) is 0 Å². The highest BCUT2D eigenvalue weighted by Gasteiger charge is 2.19. The van der Waals surface area contributed by atoms with Crippen LogP contribution in [-0.4, -0.2) is 14.2 Å². The average Bonchev–Trinajstić information content (AvgIpc) is 2.35. The Bertz CT molecular complexity index is 564. The van der Waals surface area contributed by atoms with Crippen LogP contribution in [0.5, 0.6) is 0 Å². The van der Waals surface area contributed by atoms with Gasteiger partial charge in [-0.15, -0.1) is 5.73 Å². The number of benzene rings is 1. The van der Waals surface area contributed by atoms with Crippen molar-refractivity contribution >= 4 is 15.6 Å². The summed E-state index contributed by atoms with van der Waals surface area (Å²) in [5.41, 5.74) is 2.48. The number of hydrogen-bond acceptors (Lipinski definition) is 3. The number of allylic oxidation sites excluding steroid dienone is 1. The summed E-state index contributed by atoms with van der Waals surface area (Å²) in [5, 5.41) is 0. The SMILES string of the molecule is C=C=C(CCCC(C)=O)S(=O)(=O)c1ccccc1. The van der Waals surface area contributed by atoms with Crippen LogP contribution < -0.4 is 0 Å². The molecule has 0 spiro atoms. The first-order valence-electron chi connectivity index (χ1n) is 5.67. The van der Waals surface area contributed by atoms with Crippen LogP contribution in [0.1, 0.15) is 26.2 Å². The summed E-state index contributed by atoms with van der Waals surface area (Å²) >= 11 is 0. The first kappa shape index (κ1) is 14.4. The highest BCUT2D eigenvalue weighted by atomic mass is 32.2. The molecule has 0 saturated carbocycles. The van der Waals surface area contributed by atoms with Gasteiger partial charge in [-0.3, -0.25) is 0 Å². The molecule has 0 aliphatic rings. The first-order chi connectivity index (χ1) is 8.48. The number of Topliss-reactive ketones (excluding diaryl/α,β-unsaturated/α-hetero) is 1. The summed E-state index contributed by atoms with van der Waals surface area (Å²) in [6.07, 6.45) is 1.16. The zero-order valence-electron chi connectivity index (χ0n) is 10.3. The molecule has 0 amide bonds. The minimum atomic E-state index is -3.52. The predicted octanol–water partition coefficient (Wildman–Crippen LogP) is 2.89. The molecule has 0 aromatic heterocycles. The van der Waals surface area contributed by atoms with E-state index in [1.807, 2.05) is 0 Å². The van der Waals surface area contributed by atoms with Gasteiger partial charge >= 0.3 is 0 Å². The molecule has 0 bridgehead atoms. The van der Waals surface area contributed by atoms with Gasteiger partial charge < -0.3 is 4.79 Å². The molecule has 1 rings (SSSR count). The normalized spacial score (nSPS) is 10.7. The van der Waals surface area contributed by atoms with Crippen molar-refractivity contribution in [3.63, 3.8) is 0 Å². The van der Waals surface area contributed by atoms with E-state index in [4.69, 9.17) is 0 Å². The topological polar surface area (TPSA) is 51.2 Å². The third-order valence-electron chi connectivity index (χ3n) is 2.51. The van der Waals surface area contributed by atoms with Crippen LogP contribution in [0.15, 0.2) is 52.4 Å². The Hall–Kier alpha value is -1.64. The van der Waals surface area contributed by atoms with Crippen molar-refractivity contribution in [3.8, 4) is 0 Å². The molecular formula is C14H16O3S. The van der Waals surface area contributed by atoms with Gasteiger partial charge in [0.05, 0.1) is 9.80 Å². The number of carbonyl (C=O) groups excluding carboxylic acids is 1. The summed E-state index contributed by atoms with van der Waals surface area (Å²) in [6, 6.07) is 8.17. The maximum atomic E-state index is 12.2. The highest BCUT2D eigenvalue weighted by Crippen LogP contribution is 2.22. The van der Waals surface area contributed by atoms with Crippen LogP contribution in [0.25, 0.3) is 0 Å². The second-order valence-corrected chi connectivity index (χ2v) is 5.94. The predicted molar refractivity (Wildman–Crippen MR) is 70.8 cm³/mol. The van der Waals surface area contributed by atoms with Crippen LogP contribution in [0.2, 0.25) is 0 Å². The number of sulfone groups is 1. The van der Waals surface area contributed by atoms with Gasteiger partial charge in [-0.2, -0.15) is 0 Å². The summed E-state index contributed by atoms with van der Waals surface area (Å²) in [6.45, 7) is 4.91. The third kappa shape index (κ3) is 3.69. The van der Waals surface area contributed by atoms with Crippen LogP contribution in [0.3, 0.4) is 0 Å². The monoisotopic (exact) mass is 264 g/mol. The molecule has 0 fully saturated rings. The van der Waals surface area contributed by atoms with E-state index in [1.54, 1.807) is 18.2 Å². The van der Waals surface area contributed by atoms with Crippen molar-refractivity contribution in [2.24, 2.45) is 0 Å². The molecule has 0 heterocycles. The second kappa shape index (κ2) is 6.34. The summed E-state index contributed by atoms with van der Waals surface area (Å²) < 4.78 is 24.4. The van der Waals surface area contributed by atoms with E-state index in [0.29, 0.717) is 19.3 Å². The quantitative estimate of drug-likeness (QED) is 0.742. The molecule has 0 atom stereocenters. The summed E-state index contributed by atoms with van der Waals surface area (Å²) in [5.74, 6) is 0.0514. The number of ketones is 1. The molecule has 0 N–H and O–H groups in total. The first-order valence-corrected chi connectivity index (χ1v) is 7.15. The van der Waals surface area contributed by atoms with Crippen molar-refractivity contribution in [2.75, 3.05) is 0 Å². The Kier molecular flexibility index (Phi) is 5.08. The smallest absolute Gasteiger partial charge is 0.209 e. The summed E-state index contributed by atoms with van der Waals surface area (Å²) in [7, 11) is -3.52. The van der Waals surface area contributed by atoms with Gasteiger partial charge in [0.15, 0.2) is 0 Å². The molecular weight excluding hydrogens is 248 g/mol. The zero-order chi connectivity index (χ0) is 13.6. The molecule has 1 aromatic rings.